The van der Waals surface area contributed by atoms with Gasteiger partial charge >= 0.3 is 0 Å². The summed E-state index contributed by atoms with van der Waals surface area (Å²) in [6.07, 6.45) is 0.806. The number of rotatable bonds is 0. The predicted octanol–water partition coefficient (Wildman–Crippen LogP) is 0.348. The smallest absolute Gasteiger partial charge is 0.248 e. The Balaban J connectivity index is 2.86. The van der Waals surface area contributed by atoms with Gasteiger partial charge in [-0.05, 0) is 12.5 Å². The van der Waals surface area contributed by atoms with E-state index in [0.29, 0.717) is 5.56 Å². The molecule has 1 heterocycles. The van der Waals surface area contributed by atoms with Crippen LogP contribution in [-0.4, -0.2) is 21.7 Å². The lowest BCUT2D eigenvalue weighted by molar-refractivity contribution is -0.111. The van der Waals surface area contributed by atoms with Crippen molar-refractivity contribution >= 4 is 17.3 Å². The van der Waals surface area contributed by atoms with Crippen molar-refractivity contribution in [2.45, 2.75) is 6.92 Å². The molecule has 0 radical (unpaired) electrons. The van der Waals surface area contributed by atoms with Crippen LogP contribution in [0.2, 0.25) is 0 Å². The normalized spacial score (nSPS) is 14.9. The van der Waals surface area contributed by atoms with Gasteiger partial charge in [0, 0.05) is 12.1 Å². The van der Waals surface area contributed by atoms with Crippen LogP contribution in [0, 0.1) is 6.92 Å². The first kappa shape index (κ1) is 9.39. The molecule has 1 aliphatic rings. The Morgan fingerprint density at radius 1 is 1.27 bits per heavy atom. The second kappa shape index (κ2) is 2.91. The lowest BCUT2D eigenvalue weighted by Gasteiger charge is -2.12. The molecule has 0 spiro atoms. The van der Waals surface area contributed by atoms with Gasteiger partial charge in [0.1, 0.15) is 5.76 Å². The molecule has 1 aromatic heterocycles. The zero-order valence-corrected chi connectivity index (χ0v) is 7.83. The fourth-order valence-corrected chi connectivity index (χ4v) is 1.56. The summed E-state index contributed by atoms with van der Waals surface area (Å²) in [5, 5.41) is 9.42. The molecular formula is C10H7NO4. The molecule has 76 valence electrons. The van der Waals surface area contributed by atoms with Gasteiger partial charge in [0.05, 0.1) is 11.3 Å². The molecule has 0 fully saturated rings. The zero-order chi connectivity index (χ0) is 11.2. The second-order valence-corrected chi connectivity index (χ2v) is 3.29. The first-order valence-corrected chi connectivity index (χ1v) is 4.24. The number of aliphatic hydroxyl groups is 1. The summed E-state index contributed by atoms with van der Waals surface area (Å²) in [6.45, 7) is 1.54. The van der Waals surface area contributed by atoms with Gasteiger partial charge in [0.25, 0.3) is 0 Å². The summed E-state index contributed by atoms with van der Waals surface area (Å²) in [4.78, 5) is 36.0. The Hall–Kier alpha value is -2.17. The highest BCUT2D eigenvalue weighted by Gasteiger charge is 2.28. The van der Waals surface area contributed by atoms with Gasteiger partial charge in [0.2, 0.25) is 17.1 Å². The van der Waals surface area contributed by atoms with Gasteiger partial charge in [-0.25, -0.2) is 0 Å². The summed E-state index contributed by atoms with van der Waals surface area (Å²) in [5.41, 5.74) is 0.0456. The number of carbonyl (C=O) groups is 2. The summed E-state index contributed by atoms with van der Waals surface area (Å²) in [6, 6.07) is 1.21. The number of H-pyrrole nitrogens is 1. The number of aromatic nitrogens is 1. The van der Waals surface area contributed by atoms with Crippen LogP contribution in [0.15, 0.2) is 16.9 Å². The van der Waals surface area contributed by atoms with Crippen LogP contribution in [-0.2, 0) is 4.79 Å². The zero-order valence-electron chi connectivity index (χ0n) is 7.83. The number of aliphatic hydroxyl groups excluding tert-OH is 1. The predicted molar refractivity (Wildman–Crippen MR) is 51.7 cm³/mol. The van der Waals surface area contributed by atoms with Crippen molar-refractivity contribution in [1.82, 2.24) is 4.98 Å². The van der Waals surface area contributed by atoms with Crippen molar-refractivity contribution in [2.75, 3.05) is 0 Å². The summed E-state index contributed by atoms with van der Waals surface area (Å²) in [7, 11) is 0. The molecule has 0 atom stereocenters. The van der Waals surface area contributed by atoms with Crippen molar-refractivity contribution < 1.29 is 14.7 Å². The average molecular weight is 205 g/mol. The first-order chi connectivity index (χ1) is 7.00. The number of Topliss-reactive ketones (excluding diaryl/α,β-unsaturated/α-hetero) is 1. The van der Waals surface area contributed by atoms with E-state index in [4.69, 9.17) is 0 Å². The SMILES string of the molecule is Cc1cc(=O)[nH]c2c1C(=O)C(=O)C=C2O. The van der Waals surface area contributed by atoms with E-state index in [0.717, 1.165) is 6.08 Å². The van der Waals surface area contributed by atoms with Crippen LogP contribution in [0.5, 0.6) is 0 Å². The molecule has 0 bridgehead atoms. The monoisotopic (exact) mass is 205 g/mol. The molecule has 0 unspecified atom stereocenters. The molecule has 5 nitrogen and oxygen atoms in total. The number of allylic oxidation sites excluding steroid dienone is 1. The third-order valence-corrected chi connectivity index (χ3v) is 2.21. The van der Waals surface area contributed by atoms with E-state index in [1.807, 2.05) is 0 Å². The molecule has 0 saturated carbocycles. The number of ketones is 2. The third-order valence-electron chi connectivity index (χ3n) is 2.21. The lowest BCUT2D eigenvalue weighted by Crippen LogP contribution is -2.24. The van der Waals surface area contributed by atoms with E-state index < -0.39 is 17.1 Å². The minimum atomic E-state index is -0.782. The topological polar surface area (TPSA) is 87.2 Å². The van der Waals surface area contributed by atoms with Crippen molar-refractivity contribution in [3.05, 3.63) is 39.3 Å². The molecule has 2 rings (SSSR count). The average Bonchev–Trinajstić information content (AvgIpc) is 2.13. The Labute approximate surface area is 84.1 Å². The van der Waals surface area contributed by atoms with Gasteiger partial charge in [-0.1, -0.05) is 0 Å². The highest BCUT2D eigenvalue weighted by atomic mass is 16.3. The largest absolute Gasteiger partial charge is 0.506 e. The van der Waals surface area contributed by atoms with E-state index in [-0.39, 0.29) is 17.0 Å². The minimum absolute atomic E-state index is 0.0181. The molecule has 1 aliphatic carbocycles. The van der Waals surface area contributed by atoms with Gasteiger partial charge in [-0.2, -0.15) is 0 Å². The number of aryl methyl sites for hydroxylation is 1. The van der Waals surface area contributed by atoms with E-state index in [2.05, 4.69) is 4.98 Å². The van der Waals surface area contributed by atoms with Crippen molar-refractivity contribution in [2.24, 2.45) is 0 Å². The number of carbonyl (C=O) groups excluding carboxylic acids is 2. The highest BCUT2D eigenvalue weighted by molar-refractivity contribution is 6.50. The van der Waals surface area contributed by atoms with Crippen molar-refractivity contribution in [3.63, 3.8) is 0 Å². The third kappa shape index (κ3) is 1.28. The Morgan fingerprint density at radius 2 is 1.93 bits per heavy atom. The number of hydrogen-bond donors (Lipinski definition) is 2. The fraction of sp³-hybridized carbons (Fsp3) is 0.100. The van der Waals surface area contributed by atoms with Crippen LogP contribution in [0.4, 0.5) is 0 Å². The number of hydrogen-bond acceptors (Lipinski definition) is 4. The lowest BCUT2D eigenvalue weighted by atomic mass is 9.94. The molecule has 1 aromatic rings. The summed E-state index contributed by atoms with van der Waals surface area (Å²) < 4.78 is 0. The van der Waals surface area contributed by atoms with Crippen molar-refractivity contribution in [3.8, 4) is 0 Å². The molecule has 0 amide bonds. The van der Waals surface area contributed by atoms with Gasteiger partial charge in [-0.15, -0.1) is 0 Å². The Morgan fingerprint density at radius 3 is 2.60 bits per heavy atom. The Kier molecular flexibility index (Phi) is 1.82. The standard InChI is InChI=1S/C10H7NO4/c1-4-2-7(14)11-9-5(12)3-6(13)10(15)8(4)9/h2-3,12H,1H3,(H,11,14). The van der Waals surface area contributed by atoms with Crippen molar-refractivity contribution in [1.29, 1.82) is 0 Å². The maximum atomic E-state index is 11.5. The molecule has 0 aromatic carbocycles. The van der Waals surface area contributed by atoms with E-state index in [9.17, 15) is 19.5 Å². The number of aromatic amines is 1. The van der Waals surface area contributed by atoms with E-state index >= 15 is 0 Å². The maximum absolute atomic E-state index is 11.5. The maximum Gasteiger partial charge on any atom is 0.248 e. The van der Waals surface area contributed by atoms with Crippen LogP contribution < -0.4 is 5.56 Å². The highest BCUT2D eigenvalue weighted by Crippen LogP contribution is 2.22. The van der Waals surface area contributed by atoms with Gasteiger partial charge in [-0.3, -0.25) is 14.4 Å². The fourth-order valence-electron chi connectivity index (χ4n) is 1.56. The van der Waals surface area contributed by atoms with Gasteiger partial charge in [0.15, 0.2) is 0 Å². The second-order valence-electron chi connectivity index (χ2n) is 3.29. The van der Waals surface area contributed by atoms with Crippen LogP contribution in [0.1, 0.15) is 21.6 Å². The van der Waals surface area contributed by atoms with Crippen LogP contribution >= 0.6 is 0 Å². The number of pyridine rings is 1. The van der Waals surface area contributed by atoms with Gasteiger partial charge < -0.3 is 10.1 Å². The quantitative estimate of drug-likeness (QED) is 0.598. The Bertz CT molecular complexity index is 565. The first-order valence-electron chi connectivity index (χ1n) is 4.24. The van der Waals surface area contributed by atoms with Crippen LogP contribution in [0.3, 0.4) is 0 Å². The molecule has 5 heteroatoms. The summed E-state index contributed by atoms with van der Waals surface area (Å²) >= 11 is 0. The summed E-state index contributed by atoms with van der Waals surface area (Å²) in [5.74, 6) is -1.87. The number of fused-ring (bicyclic) bond motifs is 1. The van der Waals surface area contributed by atoms with Crippen LogP contribution in [0.25, 0.3) is 5.76 Å². The molecule has 0 saturated heterocycles. The van der Waals surface area contributed by atoms with E-state index in [1.54, 1.807) is 0 Å². The van der Waals surface area contributed by atoms with E-state index in [1.165, 1.54) is 13.0 Å². The number of nitrogens with one attached hydrogen (secondary N) is 1. The molecular weight excluding hydrogens is 198 g/mol. The molecule has 2 N–H and O–H groups in total. The molecule has 15 heavy (non-hydrogen) atoms. The molecule has 0 aliphatic heterocycles. The minimum Gasteiger partial charge on any atom is -0.506 e.